The van der Waals surface area contributed by atoms with Gasteiger partial charge in [0.15, 0.2) is 0 Å². The van der Waals surface area contributed by atoms with Crippen LogP contribution >= 0.6 is 11.3 Å². The van der Waals surface area contributed by atoms with E-state index in [0.717, 1.165) is 21.7 Å². The molecule has 0 N–H and O–H groups in total. The van der Waals surface area contributed by atoms with Crippen LogP contribution in [0.4, 0.5) is 0 Å². The first kappa shape index (κ1) is 23.9. The van der Waals surface area contributed by atoms with Gasteiger partial charge in [0.1, 0.15) is 29.4 Å². The molecular formula is C29H29NO4S. The van der Waals surface area contributed by atoms with Crippen molar-refractivity contribution in [3.63, 3.8) is 0 Å². The minimum absolute atomic E-state index is 0.280. The van der Waals surface area contributed by atoms with Crippen LogP contribution in [0.3, 0.4) is 0 Å². The number of ether oxygens (including phenoxy) is 4. The lowest BCUT2D eigenvalue weighted by atomic mass is 10.1. The van der Waals surface area contributed by atoms with Crippen molar-refractivity contribution < 1.29 is 18.9 Å². The zero-order valence-electron chi connectivity index (χ0n) is 19.4. The van der Waals surface area contributed by atoms with Crippen LogP contribution in [0.25, 0.3) is 0 Å². The highest BCUT2D eigenvalue weighted by molar-refractivity contribution is 7.09. The SMILES string of the molecule is c1ccc(COC[C@H]2O[C@H](c3nccs3)[C@H](OCc3ccccc3)[C@@H]2OCc2ccccc2)cc1. The first-order valence-corrected chi connectivity index (χ1v) is 12.7. The van der Waals surface area contributed by atoms with Gasteiger partial charge in [-0.1, -0.05) is 91.0 Å². The van der Waals surface area contributed by atoms with Crippen molar-refractivity contribution in [2.75, 3.05) is 6.61 Å². The fourth-order valence-corrected chi connectivity index (χ4v) is 4.93. The van der Waals surface area contributed by atoms with Crippen LogP contribution in [0.5, 0.6) is 0 Å². The zero-order valence-corrected chi connectivity index (χ0v) is 20.3. The van der Waals surface area contributed by atoms with Gasteiger partial charge >= 0.3 is 0 Å². The molecule has 1 fully saturated rings. The van der Waals surface area contributed by atoms with Crippen LogP contribution in [-0.4, -0.2) is 29.9 Å². The van der Waals surface area contributed by atoms with Crippen molar-refractivity contribution in [2.45, 2.75) is 44.2 Å². The first-order valence-electron chi connectivity index (χ1n) is 11.8. The van der Waals surface area contributed by atoms with Crippen molar-refractivity contribution in [3.8, 4) is 0 Å². The lowest BCUT2D eigenvalue weighted by Crippen LogP contribution is -2.37. The summed E-state index contributed by atoms with van der Waals surface area (Å²) in [6.45, 7) is 1.87. The summed E-state index contributed by atoms with van der Waals surface area (Å²) in [5, 5.41) is 2.85. The third kappa shape index (κ3) is 6.42. The maximum absolute atomic E-state index is 6.52. The van der Waals surface area contributed by atoms with Crippen LogP contribution in [0.1, 0.15) is 27.8 Å². The normalized spacial score (nSPS) is 21.8. The number of thiazole rings is 1. The Morgan fingerprint density at radius 3 is 1.77 bits per heavy atom. The van der Waals surface area contributed by atoms with Crippen molar-refractivity contribution in [1.82, 2.24) is 4.98 Å². The van der Waals surface area contributed by atoms with E-state index >= 15 is 0 Å². The maximum atomic E-state index is 6.52. The van der Waals surface area contributed by atoms with Gasteiger partial charge in [-0.25, -0.2) is 4.98 Å². The van der Waals surface area contributed by atoms with Crippen LogP contribution in [0.15, 0.2) is 103 Å². The third-order valence-corrected chi connectivity index (χ3v) is 6.81. The Hall–Kier alpha value is -2.87. The fourth-order valence-electron chi connectivity index (χ4n) is 4.22. The Labute approximate surface area is 210 Å². The number of nitrogens with zero attached hydrogens (tertiary/aromatic N) is 1. The highest BCUT2D eigenvalue weighted by Crippen LogP contribution is 2.39. The molecule has 0 saturated carbocycles. The topological polar surface area (TPSA) is 49.8 Å². The average Bonchev–Trinajstić information content (AvgIpc) is 3.56. The first-order chi connectivity index (χ1) is 17.4. The number of rotatable bonds is 11. The van der Waals surface area contributed by atoms with Gasteiger partial charge in [-0.15, -0.1) is 11.3 Å². The molecule has 0 spiro atoms. The Bertz CT molecular complexity index is 1130. The molecule has 1 aliphatic rings. The highest BCUT2D eigenvalue weighted by Gasteiger charge is 2.48. The second-order valence-electron chi connectivity index (χ2n) is 8.49. The van der Waals surface area contributed by atoms with Gasteiger partial charge in [-0.2, -0.15) is 0 Å². The number of aromatic nitrogens is 1. The predicted octanol–water partition coefficient (Wildman–Crippen LogP) is 5.97. The van der Waals surface area contributed by atoms with E-state index < -0.39 is 0 Å². The Balaban J connectivity index is 1.33. The quantitative estimate of drug-likeness (QED) is 0.261. The van der Waals surface area contributed by atoms with Crippen molar-refractivity contribution in [3.05, 3.63) is 124 Å². The second-order valence-corrected chi connectivity index (χ2v) is 9.41. The molecule has 0 amide bonds. The molecule has 4 aromatic rings. The summed E-state index contributed by atoms with van der Waals surface area (Å²) in [6, 6.07) is 30.5. The molecule has 5 rings (SSSR count). The van der Waals surface area contributed by atoms with E-state index in [0.29, 0.717) is 26.4 Å². The van der Waals surface area contributed by atoms with E-state index in [1.54, 1.807) is 17.5 Å². The number of benzene rings is 3. The smallest absolute Gasteiger partial charge is 0.138 e. The van der Waals surface area contributed by atoms with Crippen LogP contribution in [-0.2, 0) is 38.8 Å². The van der Waals surface area contributed by atoms with Gasteiger partial charge in [0, 0.05) is 11.6 Å². The van der Waals surface area contributed by atoms with Gasteiger partial charge in [-0.05, 0) is 16.7 Å². The van der Waals surface area contributed by atoms with Gasteiger partial charge in [0.05, 0.1) is 26.4 Å². The molecule has 3 aromatic carbocycles. The lowest BCUT2D eigenvalue weighted by molar-refractivity contribution is -0.0898. The largest absolute Gasteiger partial charge is 0.374 e. The van der Waals surface area contributed by atoms with Gasteiger partial charge in [-0.3, -0.25) is 0 Å². The predicted molar refractivity (Wildman–Crippen MR) is 136 cm³/mol. The Kier molecular flexibility index (Phi) is 8.31. The molecule has 2 heterocycles. The fraction of sp³-hybridized carbons (Fsp3) is 0.276. The standard InChI is InChI=1S/C29H29NO4S/c1-4-10-22(11-5-1)18-31-21-25-26(32-19-23-12-6-2-7-13-23)27(28(34-25)29-30-16-17-35-29)33-20-24-14-8-3-9-15-24/h1-17,25-28H,18-21H2/t25-,26-,27-,28+/m1/s1. The summed E-state index contributed by atoms with van der Waals surface area (Å²) < 4.78 is 25.6. The van der Waals surface area contributed by atoms with Crippen molar-refractivity contribution in [1.29, 1.82) is 0 Å². The van der Waals surface area contributed by atoms with E-state index in [9.17, 15) is 0 Å². The van der Waals surface area contributed by atoms with Gasteiger partial charge in [0.25, 0.3) is 0 Å². The Morgan fingerprint density at radius 2 is 1.23 bits per heavy atom. The van der Waals surface area contributed by atoms with Gasteiger partial charge in [0.2, 0.25) is 0 Å². The molecule has 1 saturated heterocycles. The molecule has 180 valence electrons. The van der Waals surface area contributed by atoms with Crippen LogP contribution < -0.4 is 0 Å². The van der Waals surface area contributed by atoms with Crippen LogP contribution in [0.2, 0.25) is 0 Å². The summed E-state index contributed by atoms with van der Waals surface area (Å²) in [7, 11) is 0. The molecule has 0 unspecified atom stereocenters. The van der Waals surface area contributed by atoms with E-state index in [-0.39, 0.29) is 24.4 Å². The number of hydrogen-bond donors (Lipinski definition) is 0. The van der Waals surface area contributed by atoms with E-state index in [4.69, 9.17) is 18.9 Å². The summed E-state index contributed by atoms with van der Waals surface area (Å²) in [4.78, 5) is 4.54. The summed E-state index contributed by atoms with van der Waals surface area (Å²) in [6.07, 6.45) is 0.595. The van der Waals surface area contributed by atoms with E-state index in [1.807, 2.05) is 60.0 Å². The lowest BCUT2D eigenvalue weighted by Gasteiger charge is -2.25. The van der Waals surface area contributed by atoms with E-state index in [2.05, 4.69) is 41.4 Å². The monoisotopic (exact) mass is 487 g/mol. The molecular weight excluding hydrogens is 458 g/mol. The van der Waals surface area contributed by atoms with Gasteiger partial charge < -0.3 is 18.9 Å². The maximum Gasteiger partial charge on any atom is 0.138 e. The molecule has 0 radical (unpaired) electrons. The number of hydrogen-bond acceptors (Lipinski definition) is 6. The molecule has 5 nitrogen and oxygen atoms in total. The van der Waals surface area contributed by atoms with Crippen LogP contribution in [0, 0.1) is 0 Å². The molecule has 1 aliphatic heterocycles. The minimum atomic E-state index is -0.315. The summed E-state index contributed by atoms with van der Waals surface area (Å²) >= 11 is 1.57. The molecule has 0 bridgehead atoms. The van der Waals surface area contributed by atoms with E-state index in [1.165, 1.54) is 0 Å². The summed E-state index contributed by atoms with van der Waals surface area (Å²) in [5.74, 6) is 0. The Morgan fingerprint density at radius 1 is 0.686 bits per heavy atom. The molecule has 35 heavy (non-hydrogen) atoms. The molecule has 6 heteroatoms. The zero-order chi connectivity index (χ0) is 23.7. The second kappa shape index (κ2) is 12.2. The van der Waals surface area contributed by atoms with Crippen molar-refractivity contribution >= 4 is 11.3 Å². The average molecular weight is 488 g/mol. The molecule has 4 atom stereocenters. The molecule has 0 aliphatic carbocycles. The van der Waals surface area contributed by atoms with Crippen molar-refractivity contribution in [2.24, 2.45) is 0 Å². The minimum Gasteiger partial charge on any atom is -0.374 e. The highest BCUT2D eigenvalue weighted by atomic mass is 32.1. The third-order valence-electron chi connectivity index (χ3n) is 5.97. The molecule has 1 aromatic heterocycles. The summed E-state index contributed by atoms with van der Waals surface area (Å²) in [5.41, 5.74) is 3.34.